The number of nitrogens with two attached hydrogens (primary N) is 1. The number of benzene rings is 1. The summed E-state index contributed by atoms with van der Waals surface area (Å²) >= 11 is 6.05. The van der Waals surface area contributed by atoms with Crippen molar-refractivity contribution in [3.8, 4) is 5.75 Å². The van der Waals surface area contributed by atoms with E-state index in [-0.39, 0.29) is 11.9 Å². The van der Waals surface area contributed by atoms with Crippen LogP contribution in [0.1, 0.15) is 23.2 Å². The van der Waals surface area contributed by atoms with Crippen LogP contribution >= 0.6 is 11.6 Å². The number of nitrogen functional groups attached to an aromatic ring is 1. The van der Waals surface area contributed by atoms with E-state index in [1.54, 1.807) is 12.1 Å². The van der Waals surface area contributed by atoms with Gasteiger partial charge >= 0.3 is 0 Å². The Morgan fingerprint density at radius 2 is 2.05 bits per heavy atom. The molecule has 0 radical (unpaired) electrons. The largest absolute Gasteiger partial charge is 0.472 e. The number of nitrogens with zero attached hydrogens (tertiary/aromatic N) is 2. The highest BCUT2D eigenvalue weighted by Gasteiger charge is 2.41. The lowest BCUT2D eigenvalue weighted by molar-refractivity contribution is -0.0208. The van der Waals surface area contributed by atoms with E-state index in [0.717, 1.165) is 19.6 Å². The molecule has 1 amide bonds. The number of carbonyl (C=O) groups is 1. The van der Waals surface area contributed by atoms with E-state index in [1.807, 2.05) is 4.90 Å². The van der Waals surface area contributed by atoms with Crippen LogP contribution in [0.25, 0.3) is 0 Å². The second-order valence-electron chi connectivity index (χ2n) is 6.12. The van der Waals surface area contributed by atoms with E-state index < -0.39 is 0 Å². The molecule has 112 valence electrons. The Morgan fingerprint density at radius 1 is 1.29 bits per heavy atom. The van der Waals surface area contributed by atoms with Gasteiger partial charge in [0, 0.05) is 12.6 Å². The van der Waals surface area contributed by atoms with Crippen molar-refractivity contribution in [3.05, 3.63) is 22.7 Å². The zero-order valence-corrected chi connectivity index (χ0v) is 12.5. The number of hydrogen-bond donors (Lipinski definition) is 1. The summed E-state index contributed by atoms with van der Waals surface area (Å²) in [6, 6.07) is 3.52. The second-order valence-corrected chi connectivity index (χ2v) is 6.53. The summed E-state index contributed by atoms with van der Waals surface area (Å²) in [6.07, 6.45) is 2.34. The number of piperidine rings is 3. The molecular formula is C15H18ClN3O2. The first kappa shape index (κ1) is 13.2. The van der Waals surface area contributed by atoms with Crippen molar-refractivity contribution in [2.45, 2.75) is 18.9 Å². The molecule has 1 unspecified atom stereocenters. The molecule has 0 aromatic heterocycles. The number of carbonyl (C=O) groups excluding carboxylic acids is 1. The number of hydrogen-bond acceptors (Lipinski definition) is 4. The Morgan fingerprint density at radius 3 is 2.71 bits per heavy atom. The predicted molar refractivity (Wildman–Crippen MR) is 80.5 cm³/mol. The molecule has 2 bridgehead atoms. The van der Waals surface area contributed by atoms with Crippen molar-refractivity contribution in [2.75, 3.05) is 32.1 Å². The molecule has 4 heterocycles. The van der Waals surface area contributed by atoms with E-state index in [2.05, 4.69) is 4.90 Å². The van der Waals surface area contributed by atoms with Gasteiger partial charge in [0.25, 0.3) is 5.91 Å². The summed E-state index contributed by atoms with van der Waals surface area (Å²) in [5.74, 6) is 1.14. The lowest BCUT2D eigenvalue weighted by Crippen LogP contribution is -2.60. The molecular weight excluding hydrogens is 290 g/mol. The smallest absolute Gasteiger partial charge is 0.260 e. The van der Waals surface area contributed by atoms with Gasteiger partial charge in [-0.05, 0) is 37.9 Å². The number of fused-ring (bicyclic) bond motifs is 4. The zero-order valence-electron chi connectivity index (χ0n) is 11.7. The van der Waals surface area contributed by atoms with E-state index in [0.29, 0.717) is 34.7 Å². The number of rotatable bonds is 1. The van der Waals surface area contributed by atoms with Gasteiger partial charge in [0.2, 0.25) is 0 Å². The Balaban J connectivity index is 1.64. The van der Waals surface area contributed by atoms with E-state index >= 15 is 0 Å². The van der Waals surface area contributed by atoms with E-state index in [9.17, 15) is 4.79 Å². The van der Waals surface area contributed by atoms with Crippen LogP contribution in [0.2, 0.25) is 5.02 Å². The molecule has 1 atom stereocenters. The summed E-state index contributed by atoms with van der Waals surface area (Å²) in [4.78, 5) is 17.1. The molecule has 4 aliphatic rings. The molecule has 0 saturated carbocycles. The molecule has 21 heavy (non-hydrogen) atoms. The third kappa shape index (κ3) is 2.07. The summed E-state index contributed by atoms with van der Waals surface area (Å²) < 4.78 is 5.75. The van der Waals surface area contributed by atoms with E-state index in [1.165, 1.54) is 12.8 Å². The Hall–Kier alpha value is -1.46. The monoisotopic (exact) mass is 307 g/mol. The summed E-state index contributed by atoms with van der Waals surface area (Å²) in [7, 11) is 0. The van der Waals surface area contributed by atoms with Crippen LogP contribution < -0.4 is 10.5 Å². The first-order valence-corrected chi connectivity index (χ1v) is 7.76. The van der Waals surface area contributed by atoms with Crippen LogP contribution in [0.15, 0.2) is 12.1 Å². The Bertz CT molecular complexity index is 599. The Kier molecular flexibility index (Phi) is 3.01. The van der Waals surface area contributed by atoms with Crippen molar-refractivity contribution < 1.29 is 9.53 Å². The van der Waals surface area contributed by atoms with Crippen molar-refractivity contribution >= 4 is 23.2 Å². The van der Waals surface area contributed by atoms with Crippen molar-refractivity contribution in [1.29, 1.82) is 0 Å². The number of halogens is 1. The average Bonchev–Trinajstić information content (AvgIpc) is 2.51. The van der Waals surface area contributed by atoms with Crippen LogP contribution in [0.3, 0.4) is 0 Å². The first-order valence-electron chi connectivity index (χ1n) is 7.38. The molecule has 0 aliphatic carbocycles. The third-order valence-corrected chi connectivity index (χ3v) is 5.30. The van der Waals surface area contributed by atoms with Gasteiger partial charge in [-0.1, -0.05) is 11.6 Å². The molecule has 6 heteroatoms. The summed E-state index contributed by atoms with van der Waals surface area (Å²) in [6.45, 7) is 3.58. The van der Waals surface area contributed by atoms with Crippen LogP contribution in [0.5, 0.6) is 5.75 Å². The molecule has 5 rings (SSSR count). The van der Waals surface area contributed by atoms with Crippen molar-refractivity contribution in [1.82, 2.24) is 9.80 Å². The fourth-order valence-corrected chi connectivity index (χ4v) is 3.91. The summed E-state index contributed by atoms with van der Waals surface area (Å²) in [5, 5.41) is 0.404. The zero-order chi connectivity index (χ0) is 14.6. The van der Waals surface area contributed by atoms with Gasteiger partial charge < -0.3 is 20.3 Å². The van der Waals surface area contributed by atoms with Crippen LogP contribution in [0, 0.1) is 5.92 Å². The van der Waals surface area contributed by atoms with Gasteiger partial charge in [-0.3, -0.25) is 4.79 Å². The fourth-order valence-electron chi connectivity index (χ4n) is 3.74. The lowest BCUT2D eigenvalue weighted by atomic mass is 9.83. The third-order valence-electron chi connectivity index (χ3n) is 4.97. The van der Waals surface area contributed by atoms with Gasteiger partial charge in [0.05, 0.1) is 22.3 Å². The van der Waals surface area contributed by atoms with Gasteiger partial charge in [-0.15, -0.1) is 0 Å². The highest BCUT2D eigenvalue weighted by Crippen LogP contribution is 2.36. The molecule has 3 fully saturated rings. The number of ether oxygens (including phenoxy) is 1. The van der Waals surface area contributed by atoms with Gasteiger partial charge in [-0.25, -0.2) is 0 Å². The molecule has 2 N–H and O–H groups in total. The maximum Gasteiger partial charge on any atom is 0.260 e. The minimum Gasteiger partial charge on any atom is -0.472 e. The summed E-state index contributed by atoms with van der Waals surface area (Å²) in [5.41, 5.74) is 6.74. The maximum absolute atomic E-state index is 12.8. The van der Waals surface area contributed by atoms with Crippen molar-refractivity contribution in [3.63, 3.8) is 0 Å². The fraction of sp³-hybridized carbons (Fsp3) is 0.533. The maximum atomic E-state index is 12.8. The number of amides is 1. The van der Waals surface area contributed by atoms with E-state index in [4.69, 9.17) is 22.1 Å². The standard InChI is InChI=1S/C15H18ClN3O2/c16-11-5-10-14(6-12(11)17)21-8-19(15(10)20)13-7-18-3-1-9(13)2-4-18/h5-6,9,13H,1-4,7-8,17H2. The second kappa shape index (κ2) is 4.78. The molecule has 1 aromatic carbocycles. The molecule has 5 nitrogen and oxygen atoms in total. The Labute approximate surface area is 128 Å². The van der Waals surface area contributed by atoms with Gasteiger partial charge in [0.15, 0.2) is 6.73 Å². The van der Waals surface area contributed by atoms with Gasteiger partial charge in [-0.2, -0.15) is 0 Å². The highest BCUT2D eigenvalue weighted by atomic mass is 35.5. The predicted octanol–water partition coefficient (Wildman–Crippen LogP) is 1.81. The lowest BCUT2D eigenvalue weighted by Gasteiger charge is -2.49. The average molecular weight is 308 g/mol. The van der Waals surface area contributed by atoms with Crippen LogP contribution in [-0.4, -0.2) is 48.1 Å². The quantitative estimate of drug-likeness (QED) is 0.804. The minimum atomic E-state index is 0.0110. The van der Waals surface area contributed by atoms with Crippen LogP contribution in [-0.2, 0) is 0 Å². The molecule has 1 aromatic rings. The first-order chi connectivity index (χ1) is 10.1. The molecule has 0 spiro atoms. The molecule has 4 aliphatic heterocycles. The minimum absolute atomic E-state index is 0.0110. The highest BCUT2D eigenvalue weighted by molar-refractivity contribution is 6.33. The topological polar surface area (TPSA) is 58.8 Å². The SMILES string of the molecule is Nc1cc2c(cc1Cl)C(=O)N(C1CN3CCC1CC3)CO2. The molecule has 3 saturated heterocycles. The number of anilines is 1. The van der Waals surface area contributed by atoms with Crippen molar-refractivity contribution in [2.24, 2.45) is 5.92 Å². The normalized spacial score (nSPS) is 31.0. The van der Waals surface area contributed by atoms with Gasteiger partial charge in [0.1, 0.15) is 5.75 Å². The van der Waals surface area contributed by atoms with Crippen LogP contribution in [0.4, 0.5) is 5.69 Å².